The van der Waals surface area contributed by atoms with E-state index in [1.165, 1.54) is 13.0 Å². The molecule has 1 atom stereocenters. The van der Waals surface area contributed by atoms with Crippen LogP contribution in [0.25, 0.3) is 0 Å². The third-order valence-electron chi connectivity index (χ3n) is 3.18. The fourth-order valence-corrected chi connectivity index (χ4v) is 2.29. The van der Waals surface area contributed by atoms with Crippen molar-refractivity contribution < 1.29 is 0 Å². The number of aromatic nitrogens is 2. The van der Waals surface area contributed by atoms with Gasteiger partial charge >= 0.3 is 0 Å². The summed E-state index contributed by atoms with van der Waals surface area (Å²) < 4.78 is 0. The summed E-state index contributed by atoms with van der Waals surface area (Å²) in [6, 6.07) is 1.90. The minimum atomic E-state index is 0.456. The van der Waals surface area contributed by atoms with Crippen LogP contribution in [0.2, 0.25) is 0 Å². The summed E-state index contributed by atoms with van der Waals surface area (Å²) in [5.41, 5.74) is 2.47. The maximum atomic E-state index is 5.30. The SMILES string of the molecule is CN1CCC(CN(C)c2ccnc(NN)n2)C1. The van der Waals surface area contributed by atoms with Gasteiger partial charge in [0.05, 0.1) is 0 Å². The van der Waals surface area contributed by atoms with Gasteiger partial charge in [0.1, 0.15) is 5.82 Å². The first-order valence-corrected chi connectivity index (χ1v) is 5.88. The molecule has 0 aliphatic carbocycles. The predicted molar refractivity (Wildman–Crippen MR) is 68.7 cm³/mol. The lowest BCUT2D eigenvalue weighted by Crippen LogP contribution is -2.28. The molecule has 0 amide bonds. The second-order valence-corrected chi connectivity index (χ2v) is 4.68. The third kappa shape index (κ3) is 3.04. The summed E-state index contributed by atoms with van der Waals surface area (Å²) in [4.78, 5) is 12.8. The average Bonchev–Trinajstić information content (AvgIpc) is 2.75. The van der Waals surface area contributed by atoms with E-state index in [9.17, 15) is 0 Å². The Labute approximate surface area is 102 Å². The lowest BCUT2D eigenvalue weighted by atomic mass is 10.1. The zero-order valence-electron chi connectivity index (χ0n) is 10.4. The van der Waals surface area contributed by atoms with E-state index < -0.39 is 0 Å². The van der Waals surface area contributed by atoms with Crippen LogP contribution in [0.1, 0.15) is 6.42 Å². The maximum absolute atomic E-state index is 5.30. The molecule has 1 aromatic heterocycles. The zero-order valence-corrected chi connectivity index (χ0v) is 10.4. The van der Waals surface area contributed by atoms with E-state index in [1.54, 1.807) is 6.20 Å². The number of likely N-dealkylation sites (tertiary alicyclic amines) is 1. The van der Waals surface area contributed by atoms with E-state index in [4.69, 9.17) is 5.84 Å². The van der Waals surface area contributed by atoms with Gasteiger partial charge in [0.15, 0.2) is 0 Å². The molecular formula is C11H20N6. The van der Waals surface area contributed by atoms with E-state index >= 15 is 0 Å². The molecule has 0 bridgehead atoms. The number of anilines is 2. The lowest BCUT2D eigenvalue weighted by Gasteiger charge is -2.22. The average molecular weight is 236 g/mol. The number of hydrogen-bond acceptors (Lipinski definition) is 6. The van der Waals surface area contributed by atoms with Crippen molar-refractivity contribution in [3.8, 4) is 0 Å². The van der Waals surface area contributed by atoms with Crippen molar-refractivity contribution in [3.63, 3.8) is 0 Å². The van der Waals surface area contributed by atoms with Crippen LogP contribution < -0.4 is 16.2 Å². The number of nitrogens with one attached hydrogen (secondary N) is 1. The number of rotatable bonds is 4. The van der Waals surface area contributed by atoms with E-state index in [0.29, 0.717) is 11.9 Å². The number of nitrogen functional groups attached to an aromatic ring is 1. The minimum absolute atomic E-state index is 0.456. The molecule has 1 fully saturated rings. The van der Waals surface area contributed by atoms with Gasteiger partial charge in [0.2, 0.25) is 5.95 Å². The summed E-state index contributed by atoms with van der Waals surface area (Å²) in [7, 11) is 4.22. The molecule has 6 heteroatoms. The third-order valence-corrected chi connectivity index (χ3v) is 3.18. The molecule has 17 heavy (non-hydrogen) atoms. The smallest absolute Gasteiger partial charge is 0.239 e. The van der Waals surface area contributed by atoms with Crippen molar-refractivity contribution in [1.29, 1.82) is 0 Å². The molecule has 6 nitrogen and oxygen atoms in total. The fourth-order valence-electron chi connectivity index (χ4n) is 2.29. The number of nitrogens with two attached hydrogens (primary N) is 1. The molecule has 1 aliphatic rings. The standard InChI is InChI=1S/C11H20N6/c1-16-6-4-9(7-16)8-17(2)10-3-5-13-11(14-10)15-12/h3,5,9H,4,6-8,12H2,1-2H3,(H,13,14,15). The second kappa shape index (κ2) is 5.29. The van der Waals surface area contributed by atoms with Crippen molar-refractivity contribution >= 4 is 11.8 Å². The molecule has 1 aromatic rings. The van der Waals surface area contributed by atoms with E-state index in [2.05, 4.69) is 39.3 Å². The fraction of sp³-hybridized carbons (Fsp3) is 0.636. The van der Waals surface area contributed by atoms with Gasteiger partial charge in [-0.15, -0.1) is 0 Å². The first kappa shape index (κ1) is 12.1. The quantitative estimate of drug-likeness (QED) is 0.573. The topological polar surface area (TPSA) is 70.3 Å². The molecule has 2 heterocycles. The minimum Gasteiger partial charge on any atom is -0.359 e. The highest BCUT2D eigenvalue weighted by molar-refractivity contribution is 5.41. The van der Waals surface area contributed by atoms with Gasteiger partial charge in [-0.25, -0.2) is 10.8 Å². The van der Waals surface area contributed by atoms with Crippen LogP contribution in [0, 0.1) is 5.92 Å². The molecule has 2 rings (SSSR count). The largest absolute Gasteiger partial charge is 0.359 e. The Morgan fingerprint density at radius 3 is 3.12 bits per heavy atom. The van der Waals surface area contributed by atoms with Gasteiger partial charge in [-0.05, 0) is 32.0 Å². The molecule has 3 N–H and O–H groups in total. The Morgan fingerprint density at radius 2 is 2.47 bits per heavy atom. The molecule has 0 aromatic carbocycles. The summed E-state index contributed by atoms with van der Waals surface area (Å²) >= 11 is 0. The van der Waals surface area contributed by atoms with Crippen molar-refractivity contribution in [2.75, 3.05) is 44.1 Å². The maximum Gasteiger partial charge on any atom is 0.239 e. The molecular weight excluding hydrogens is 216 g/mol. The van der Waals surface area contributed by atoms with Crippen LogP contribution in [0.3, 0.4) is 0 Å². The zero-order chi connectivity index (χ0) is 12.3. The van der Waals surface area contributed by atoms with Gasteiger partial charge in [0.25, 0.3) is 0 Å². The van der Waals surface area contributed by atoms with E-state index in [0.717, 1.165) is 18.9 Å². The number of nitrogens with zero attached hydrogens (tertiary/aromatic N) is 4. The normalized spacial score (nSPS) is 20.5. The summed E-state index contributed by atoms with van der Waals surface area (Å²) in [5.74, 6) is 7.38. The summed E-state index contributed by atoms with van der Waals surface area (Å²) in [6.45, 7) is 3.38. The monoisotopic (exact) mass is 236 g/mol. The van der Waals surface area contributed by atoms with Gasteiger partial charge in [0, 0.05) is 26.3 Å². The highest BCUT2D eigenvalue weighted by atomic mass is 15.3. The first-order chi connectivity index (χ1) is 8.19. The Balaban J connectivity index is 1.96. The van der Waals surface area contributed by atoms with Gasteiger partial charge < -0.3 is 9.80 Å². The van der Waals surface area contributed by atoms with Crippen LogP contribution in [-0.2, 0) is 0 Å². The molecule has 1 aliphatic heterocycles. The molecule has 1 unspecified atom stereocenters. The molecule has 0 spiro atoms. The summed E-state index contributed by atoms with van der Waals surface area (Å²) in [5, 5.41) is 0. The summed E-state index contributed by atoms with van der Waals surface area (Å²) in [6.07, 6.45) is 2.97. The van der Waals surface area contributed by atoms with Crippen LogP contribution in [0.15, 0.2) is 12.3 Å². The van der Waals surface area contributed by atoms with E-state index in [-0.39, 0.29) is 0 Å². The molecule has 94 valence electrons. The predicted octanol–water partition coefficient (Wildman–Crippen LogP) is 0.150. The van der Waals surface area contributed by atoms with E-state index in [1.807, 2.05) is 6.07 Å². The van der Waals surface area contributed by atoms with Gasteiger partial charge in [-0.1, -0.05) is 0 Å². The van der Waals surface area contributed by atoms with Crippen LogP contribution in [-0.4, -0.2) is 48.6 Å². The van der Waals surface area contributed by atoms with Crippen molar-refractivity contribution in [2.45, 2.75) is 6.42 Å². The Morgan fingerprint density at radius 1 is 1.65 bits per heavy atom. The number of hydrogen-bond donors (Lipinski definition) is 2. The Bertz CT molecular complexity index is 369. The second-order valence-electron chi connectivity index (χ2n) is 4.68. The van der Waals surface area contributed by atoms with Gasteiger partial charge in [-0.2, -0.15) is 4.98 Å². The molecule has 1 saturated heterocycles. The Kier molecular flexibility index (Phi) is 3.75. The van der Waals surface area contributed by atoms with Crippen molar-refractivity contribution in [1.82, 2.24) is 14.9 Å². The van der Waals surface area contributed by atoms with Crippen LogP contribution >= 0.6 is 0 Å². The van der Waals surface area contributed by atoms with Crippen LogP contribution in [0.4, 0.5) is 11.8 Å². The number of hydrazine groups is 1. The highest BCUT2D eigenvalue weighted by Crippen LogP contribution is 2.18. The molecule has 0 radical (unpaired) electrons. The highest BCUT2D eigenvalue weighted by Gasteiger charge is 2.21. The first-order valence-electron chi connectivity index (χ1n) is 5.88. The van der Waals surface area contributed by atoms with Crippen molar-refractivity contribution in [3.05, 3.63) is 12.3 Å². The lowest BCUT2D eigenvalue weighted by molar-refractivity contribution is 0.395. The Hall–Kier alpha value is -1.40. The van der Waals surface area contributed by atoms with Gasteiger partial charge in [-0.3, -0.25) is 5.43 Å². The van der Waals surface area contributed by atoms with Crippen molar-refractivity contribution in [2.24, 2.45) is 11.8 Å². The molecule has 0 saturated carbocycles. The van der Waals surface area contributed by atoms with Crippen LogP contribution in [0.5, 0.6) is 0 Å².